The van der Waals surface area contributed by atoms with Crippen molar-refractivity contribution in [3.8, 4) is 17.1 Å². The van der Waals surface area contributed by atoms with Gasteiger partial charge in [-0.3, -0.25) is 0 Å². The average molecular weight is 354 g/mol. The first-order valence-corrected chi connectivity index (χ1v) is 7.77. The Morgan fingerprint density at radius 2 is 2.05 bits per heavy atom. The molecule has 114 valence electrons. The van der Waals surface area contributed by atoms with E-state index in [-0.39, 0.29) is 5.41 Å². The molecular weight excluding hydrogens is 334 g/mol. The number of nitrogens with zero attached hydrogens (tertiary/aromatic N) is 2. The molecule has 2 rings (SSSR count). The molecule has 2 N–H and O–H groups in total. The van der Waals surface area contributed by atoms with Gasteiger partial charge in [-0.1, -0.05) is 19.0 Å². The minimum atomic E-state index is -0.241. The number of ether oxygens (including phenoxy) is 1. The van der Waals surface area contributed by atoms with Crippen LogP contribution in [0.3, 0.4) is 0 Å². The van der Waals surface area contributed by atoms with Crippen LogP contribution in [0.15, 0.2) is 27.2 Å². The van der Waals surface area contributed by atoms with Gasteiger partial charge in [0.25, 0.3) is 0 Å². The molecule has 1 aromatic heterocycles. The Labute approximate surface area is 133 Å². The van der Waals surface area contributed by atoms with Gasteiger partial charge in [-0.25, -0.2) is 0 Å². The smallest absolute Gasteiger partial charge is 0.234 e. The number of nitrogens with two attached hydrogens (primary N) is 1. The van der Waals surface area contributed by atoms with Gasteiger partial charge in [0.15, 0.2) is 0 Å². The van der Waals surface area contributed by atoms with E-state index in [4.69, 9.17) is 15.0 Å². The minimum Gasteiger partial charge on any atom is -0.496 e. The predicted octanol–water partition coefficient (Wildman–Crippen LogP) is 3.52. The van der Waals surface area contributed by atoms with E-state index in [1.165, 1.54) is 0 Å². The lowest BCUT2D eigenvalue weighted by Gasteiger charge is -2.24. The lowest BCUT2D eigenvalue weighted by atomic mass is 9.82. The average Bonchev–Trinajstić information content (AvgIpc) is 3.00. The molecule has 1 heterocycles. The van der Waals surface area contributed by atoms with Gasteiger partial charge in [0.2, 0.25) is 11.7 Å². The number of hydrogen-bond acceptors (Lipinski definition) is 5. The third-order valence-corrected chi connectivity index (χ3v) is 4.65. The van der Waals surface area contributed by atoms with Crippen molar-refractivity contribution in [1.29, 1.82) is 0 Å². The lowest BCUT2D eigenvalue weighted by molar-refractivity contribution is 0.267. The van der Waals surface area contributed by atoms with E-state index in [2.05, 4.69) is 39.9 Å². The van der Waals surface area contributed by atoms with Crippen molar-refractivity contribution in [3.05, 3.63) is 28.6 Å². The van der Waals surface area contributed by atoms with Crippen LogP contribution in [-0.2, 0) is 5.41 Å². The van der Waals surface area contributed by atoms with E-state index in [1.807, 2.05) is 18.2 Å². The van der Waals surface area contributed by atoms with E-state index in [1.54, 1.807) is 7.11 Å². The maximum absolute atomic E-state index is 5.92. The van der Waals surface area contributed by atoms with Crippen LogP contribution in [0.4, 0.5) is 0 Å². The fourth-order valence-corrected chi connectivity index (χ4v) is 2.83. The van der Waals surface area contributed by atoms with Crippen LogP contribution in [0.2, 0.25) is 0 Å². The molecule has 0 amide bonds. The van der Waals surface area contributed by atoms with E-state index >= 15 is 0 Å². The van der Waals surface area contributed by atoms with Gasteiger partial charge in [0, 0.05) is 12.1 Å². The largest absolute Gasteiger partial charge is 0.496 e. The first-order chi connectivity index (χ1) is 10.1. The van der Waals surface area contributed by atoms with Crippen molar-refractivity contribution in [2.45, 2.75) is 32.1 Å². The van der Waals surface area contributed by atoms with Crippen molar-refractivity contribution in [2.75, 3.05) is 13.7 Å². The highest BCUT2D eigenvalue weighted by molar-refractivity contribution is 9.10. The Morgan fingerprint density at radius 3 is 2.57 bits per heavy atom. The molecule has 0 fully saturated rings. The number of benzene rings is 1. The molecule has 0 atom stereocenters. The summed E-state index contributed by atoms with van der Waals surface area (Å²) >= 11 is 3.46. The van der Waals surface area contributed by atoms with Crippen molar-refractivity contribution in [1.82, 2.24) is 10.1 Å². The van der Waals surface area contributed by atoms with Crippen molar-refractivity contribution in [3.63, 3.8) is 0 Å². The molecule has 0 radical (unpaired) electrons. The molecule has 0 aliphatic carbocycles. The predicted molar refractivity (Wildman–Crippen MR) is 85.3 cm³/mol. The third-order valence-electron chi connectivity index (χ3n) is 4.03. The second-order valence-corrected chi connectivity index (χ2v) is 5.82. The van der Waals surface area contributed by atoms with E-state index in [0.29, 0.717) is 18.3 Å². The summed E-state index contributed by atoms with van der Waals surface area (Å²) in [5, 5.41) is 4.09. The number of rotatable bonds is 6. The molecule has 5 nitrogen and oxygen atoms in total. The second kappa shape index (κ2) is 6.58. The number of halogens is 1. The van der Waals surface area contributed by atoms with Gasteiger partial charge < -0.3 is 15.0 Å². The summed E-state index contributed by atoms with van der Waals surface area (Å²) in [7, 11) is 1.63. The topological polar surface area (TPSA) is 74.2 Å². The Bertz CT molecular complexity index is 600. The van der Waals surface area contributed by atoms with Crippen LogP contribution in [0.25, 0.3) is 11.4 Å². The highest BCUT2D eigenvalue weighted by Crippen LogP contribution is 2.33. The molecule has 21 heavy (non-hydrogen) atoms. The SMILES string of the molecule is CCC(CC)(CN)c1nc(-c2ccc(OC)c(Br)c2)no1. The zero-order valence-electron chi connectivity index (χ0n) is 12.5. The standard InChI is InChI=1S/C15H20BrN3O2/c1-4-15(5-2,9-17)14-18-13(19-21-14)10-6-7-12(20-3)11(16)8-10/h6-8H,4-5,9,17H2,1-3H3. The molecule has 0 bridgehead atoms. The van der Waals surface area contributed by atoms with Crippen LogP contribution in [0.5, 0.6) is 5.75 Å². The van der Waals surface area contributed by atoms with Crippen LogP contribution >= 0.6 is 15.9 Å². The lowest BCUT2D eigenvalue weighted by Crippen LogP contribution is -2.34. The summed E-state index contributed by atoms with van der Waals surface area (Å²) in [6.45, 7) is 4.67. The normalized spacial score (nSPS) is 11.7. The zero-order chi connectivity index (χ0) is 15.5. The molecule has 0 spiro atoms. The van der Waals surface area contributed by atoms with Crippen LogP contribution in [0, 0.1) is 0 Å². The van der Waals surface area contributed by atoms with Gasteiger partial charge in [-0.05, 0) is 47.0 Å². The molecule has 0 aliphatic heterocycles. The van der Waals surface area contributed by atoms with Crippen LogP contribution in [0.1, 0.15) is 32.6 Å². The monoisotopic (exact) mass is 353 g/mol. The fourth-order valence-electron chi connectivity index (χ4n) is 2.29. The summed E-state index contributed by atoms with van der Waals surface area (Å²) in [6, 6.07) is 5.68. The number of hydrogen-bond donors (Lipinski definition) is 1. The summed E-state index contributed by atoms with van der Waals surface area (Å²) in [5.41, 5.74) is 6.55. The van der Waals surface area contributed by atoms with Gasteiger partial charge in [-0.15, -0.1) is 0 Å². The van der Waals surface area contributed by atoms with Crippen LogP contribution < -0.4 is 10.5 Å². The van der Waals surface area contributed by atoms with Gasteiger partial charge in [0.1, 0.15) is 5.75 Å². The third kappa shape index (κ3) is 2.96. The van der Waals surface area contributed by atoms with Gasteiger partial charge in [0.05, 0.1) is 17.0 Å². The Morgan fingerprint density at radius 1 is 1.33 bits per heavy atom. The molecule has 0 aliphatic rings. The Hall–Kier alpha value is -1.40. The van der Waals surface area contributed by atoms with E-state index < -0.39 is 0 Å². The van der Waals surface area contributed by atoms with E-state index in [9.17, 15) is 0 Å². The van der Waals surface area contributed by atoms with Crippen molar-refractivity contribution < 1.29 is 9.26 Å². The zero-order valence-corrected chi connectivity index (χ0v) is 14.1. The molecular formula is C15H20BrN3O2. The molecule has 2 aromatic rings. The Kier molecular flexibility index (Phi) is 5.00. The molecule has 6 heteroatoms. The Balaban J connectivity index is 2.38. The number of aromatic nitrogens is 2. The first kappa shape index (κ1) is 16.0. The maximum atomic E-state index is 5.92. The summed E-state index contributed by atoms with van der Waals surface area (Å²) in [5.74, 6) is 1.94. The quantitative estimate of drug-likeness (QED) is 0.859. The minimum absolute atomic E-state index is 0.241. The van der Waals surface area contributed by atoms with Crippen molar-refractivity contribution in [2.24, 2.45) is 5.73 Å². The first-order valence-electron chi connectivity index (χ1n) is 6.98. The summed E-state index contributed by atoms with van der Waals surface area (Å²) < 4.78 is 11.5. The molecule has 1 aromatic carbocycles. The van der Waals surface area contributed by atoms with Gasteiger partial charge in [-0.2, -0.15) is 4.98 Å². The molecule has 0 saturated heterocycles. The van der Waals surface area contributed by atoms with E-state index in [0.717, 1.165) is 28.6 Å². The molecule has 0 saturated carbocycles. The van der Waals surface area contributed by atoms with Crippen molar-refractivity contribution >= 4 is 15.9 Å². The second-order valence-electron chi connectivity index (χ2n) is 4.96. The fraction of sp³-hybridized carbons (Fsp3) is 0.467. The highest BCUT2D eigenvalue weighted by atomic mass is 79.9. The summed E-state index contributed by atoms with van der Waals surface area (Å²) in [6.07, 6.45) is 1.74. The maximum Gasteiger partial charge on any atom is 0.234 e. The van der Waals surface area contributed by atoms with Crippen LogP contribution in [-0.4, -0.2) is 23.8 Å². The van der Waals surface area contributed by atoms with Gasteiger partial charge >= 0.3 is 0 Å². The molecule has 0 unspecified atom stereocenters. The summed E-state index contributed by atoms with van der Waals surface area (Å²) in [4.78, 5) is 4.54. The highest BCUT2D eigenvalue weighted by Gasteiger charge is 2.33. The number of methoxy groups -OCH3 is 1.